The first-order valence-corrected chi connectivity index (χ1v) is 31.9. The number of phosphoric acid groups is 1. The summed E-state index contributed by atoms with van der Waals surface area (Å²) in [6, 6.07) is -0.754. The maximum Gasteiger partial charge on any atom is 0.472 e. The van der Waals surface area contributed by atoms with Gasteiger partial charge in [0.25, 0.3) is 0 Å². The summed E-state index contributed by atoms with van der Waals surface area (Å²) in [7, 11) is 1.64. The number of hydrogen-bond acceptors (Lipinski definition) is 5. The summed E-state index contributed by atoms with van der Waals surface area (Å²) in [5.41, 5.74) is 0. The minimum atomic E-state index is -4.31. The van der Waals surface area contributed by atoms with E-state index in [-0.39, 0.29) is 19.1 Å². The first kappa shape index (κ1) is 67.5. The van der Waals surface area contributed by atoms with Crippen molar-refractivity contribution in [2.45, 2.75) is 334 Å². The highest BCUT2D eigenvalue weighted by Crippen LogP contribution is 2.43. The predicted octanol–water partition coefficient (Wildman–Crippen LogP) is 18.4. The molecular formula is C59H122N2O6P+. The third kappa shape index (κ3) is 53.3. The minimum Gasteiger partial charge on any atom is -0.391 e. The monoisotopic (exact) mass is 986 g/mol. The van der Waals surface area contributed by atoms with Crippen LogP contribution in [-0.2, 0) is 18.4 Å². The van der Waals surface area contributed by atoms with Gasteiger partial charge in [-0.05, 0) is 12.8 Å². The number of carbonyl (C=O) groups is 1. The molecule has 9 heteroatoms. The Balaban J connectivity index is 3.94. The van der Waals surface area contributed by atoms with Gasteiger partial charge in [0.2, 0.25) is 5.91 Å². The van der Waals surface area contributed by atoms with Crippen LogP contribution in [0.5, 0.6) is 0 Å². The lowest BCUT2D eigenvalue weighted by Gasteiger charge is -2.26. The molecule has 0 aliphatic carbocycles. The second-order valence-electron chi connectivity index (χ2n) is 22.4. The van der Waals surface area contributed by atoms with E-state index in [9.17, 15) is 19.4 Å². The molecule has 0 heterocycles. The maximum atomic E-state index is 13.0. The molecule has 408 valence electrons. The van der Waals surface area contributed by atoms with Gasteiger partial charge < -0.3 is 19.8 Å². The Kier molecular flexibility index (Phi) is 51.0. The first-order chi connectivity index (χ1) is 33.0. The topological polar surface area (TPSA) is 105 Å². The fraction of sp³-hybridized carbons (Fsp3) is 0.983. The van der Waals surface area contributed by atoms with Crippen LogP contribution < -0.4 is 5.32 Å². The lowest BCUT2D eigenvalue weighted by atomic mass is 10.0. The number of quaternary nitrogens is 1. The summed E-state index contributed by atoms with van der Waals surface area (Å²) in [5, 5.41) is 14.0. The molecular weight excluding hydrogens is 864 g/mol. The smallest absolute Gasteiger partial charge is 0.391 e. The number of phosphoric ester groups is 1. The van der Waals surface area contributed by atoms with E-state index in [0.29, 0.717) is 23.9 Å². The van der Waals surface area contributed by atoms with E-state index >= 15 is 0 Å². The molecule has 0 aliphatic rings. The number of aliphatic hydroxyl groups is 1. The lowest BCUT2D eigenvalue weighted by Crippen LogP contribution is -2.46. The summed E-state index contributed by atoms with van der Waals surface area (Å²) >= 11 is 0. The molecule has 68 heavy (non-hydrogen) atoms. The van der Waals surface area contributed by atoms with Gasteiger partial charge >= 0.3 is 7.82 Å². The first-order valence-electron chi connectivity index (χ1n) is 30.4. The van der Waals surface area contributed by atoms with Crippen LogP contribution in [0.25, 0.3) is 0 Å². The van der Waals surface area contributed by atoms with E-state index in [2.05, 4.69) is 19.2 Å². The maximum absolute atomic E-state index is 13.0. The Morgan fingerprint density at radius 2 is 0.706 bits per heavy atom. The van der Waals surface area contributed by atoms with Crippen LogP contribution in [0, 0.1) is 0 Å². The number of likely N-dealkylation sites (N-methyl/N-ethyl adjacent to an activating group) is 1. The van der Waals surface area contributed by atoms with Crippen molar-refractivity contribution in [2.24, 2.45) is 0 Å². The van der Waals surface area contributed by atoms with Crippen molar-refractivity contribution in [1.82, 2.24) is 5.32 Å². The Bertz CT molecular complexity index is 1070. The van der Waals surface area contributed by atoms with Gasteiger partial charge in [0.05, 0.1) is 39.9 Å². The van der Waals surface area contributed by atoms with Crippen LogP contribution >= 0.6 is 7.82 Å². The largest absolute Gasteiger partial charge is 0.472 e. The highest BCUT2D eigenvalue weighted by atomic mass is 31.2. The molecule has 0 aromatic carbocycles. The second kappa shape index (κ2) is 51.4. The Morgan fingerprint density at radius 3 is 0.985 bits per heavy atom. The van der Waals surface area contributed by atoms with E-state index in [1.54, 1.807) is 0 Å². The molecule has 0 radical (unpaired) electrons. The molecule has 1 amide bonds. The number of amides is 1. The van der Waals surface area contributed by atoms with Gasteiger partial charge in [-0.2, -0.15) is 0 Å². The zero-order chi connectivity index (χ0) is 49.9. The zero-order valence-corrected chi connectivity index (χ0v) is 47.5. The normalized spacial score (nSPS) is 13.8. The molecule has 0 saturated carbocycles. The second-order valence-corrected chi connectivity index (χ2v) is 23.9. The average molecular weight is 987 g/mol. The van der Waals surface area contributed by atoms with Gasteiger partial charge in [-0.1, -0.05) is 303 Å². The van der Waals surface area contributed by atoms with E-state index in [4.69, 9.17) is 9.05 Å². The molecule has 0 rings (SSSR count). The average Bonchev–Trinajstić information content (AvgIpc) is 3.30. The lowest BCUT2D eigenvalue weighted by molar-refractivity contribution is -0.870. The molecule has 0 spiro atoms. The summed E-state index contributed by atoms with van der Waals surface area (Å²) in [4.78, 5) is 23.3. The predicted molar refractivity (Wildman–Crippen MR) is 296 cm³/mol. The molecule has 0 aromatic heterocycles. The van der Waals surface area contributed by atoms with Gasteiger partial charge in [0.15, 0.2) is 0 Å². The van der Waals surface area contributed by atoms with Crippen LogP contribution in [0.15, 0.2) is 0 Å². The summed E-state index contributed by atoms with van der Waals surface area (Å²) < 4.78 is 23.8. The Morgan fingerprint density at radius 1 is 0.441 bits per heavy atom. The molecule has 0 saturated heterocycles. The number of aliphatic hydroxyl groups excluding tert-OH is 1. The van der Waals surface area contributed by atoms with Crippen LogP contribution in [-0.4, -0.2) is 73.4 Å². The van der Waals surface area contributed by atoms with Gasteiger partial charge in [0.1, 0.15) is 13.2 Å². The van der Waals surface area contributed by atoms with E-state index < -0.39 is 20.0 Å². The van der Waals surface area contributed by atoms with Gasteiger partial charge in [-0.3, -0.25) is 13.8 Å². The zero-order valence-electron chi connectivity index (χ0n) is 46.6. The molecule has 0 bridgehead atoms. The Labute approximate surface area is 425 Å². The molecule has 3 N–H and O–H groups in total. The standard InChI is InChI=1S/C59H121N2O6P/c1-6-8-10-12-14-16-18-20-22-23-24-25-26-27-28-29-30-31-32-33-34-35-36-37-38-39-41-43-45-47-49-51-53-59(63)60-57(56-67-68(64,65)66-55-54-61(3,4)5)58(62)52-50-48-46-44-42-40-21-19-17-15-13-11-9-7-2/h57-58,62H,6-56H2,1-5H3,(H-,60,63,64,65)/p+1/t57-,58+/m0/s1. The van der Waals surface area contributed by atoms with Crippen molar-refractivity contribution < 1.29 is 32.9 Å². The Hall–Kier alpha value is -0.500. The van der Waals surface area contributed by atoms with Gasteiger partial charge in [0, 0.05) is 6.42 Å². The summed E-state index contributed by atoms with van der Waals surface area (Å²) in [6.07, 6.45) is 61.8. The molecule has 0 aromatic rings. The third-order valence-corrected chi connectivity index (χ3v) is 15.3. The number of nitrogens with one attached hydrogen (secondary N) is 1. The van der Waals surface area contributed by atoms with Crippen molar-refractivity contribution in [3.8, 4) is 0 Å². The van der Waals surface area contributed by atoms with Gasteiger partial charge in [-0.15, -0.1) is 0 Å². The summed E-state index contributed by atoms with van der Waals surface area (Å²) in [5.74, 6) is -0.136. The number of carbonyl (C=O) groups excluding carboxylic acids is 1. The number of rotatable bonds is 57. The highest BCUT2D eigenvalue weighted by molar-refractivity contribution is 7.47. The molecule has 0 aliphatic heterocycles. The molecule has 1 unspecified atom stereocenters. The van der Waals surface area contributed by atoms with E-state index in [1.807, 2.05) is 21.1 Å². The fourth-order valence-corrected chi connectivity index (χ4v) is 10.3. The van der Waals surface area contributed by atoms with Gasteiger partial charge in [-0.25, -0.2) is 4.57 Å². The van der Waals surface area contributed by atoms with Crippen molar-refractivity contribution in [3.63, 3.8) is 0 Å². The number of unbranched alkanes of at least 4 members (excludes halogenated alkanes) is 44. The van der Waals surface area contributed by atoms with E-state index in [1.165, 1.54) is 257 Å². The third-order valence-electron chi connectivity index (χ3n) is 14.4. The van der Waals surface area contributed by atoms with Crippen molar-refractivity contribution in [1.29, 1.82) is 0 Å². The van der Waals surface area contributed by atoms with Crippen molar-refractivity contribution >= 4 is 13.7 Å². The van der Waals surface area contributed by atoms with Crippen LogP contribution in [0.2, 0.25) is 0 Å². The number of nitrogens with zero attached hydrogens (tertiary/aromatic N) is 1. The molecule has 0 fully saturated rings. The summed E-state index contributed by atoms with van der Waals surface area (Å²) in [6.45, 7) is 4.94. The molecule has 3 atom stereocenters. The number of hydrogen-bond donors (Lipinski definition) is 3. The fourth-order valence-electron chi connectivity index (χ4n) is 9.58. The van der Waals surface area contributed by atoms with Crippen LogP contribution in [0.3, 0.4) is 0 Å². The molecule has 8 nitrogen and oxygen atoms in total. The van der Waals surface area contributed by atoms with Crippen molar-refractivity contribution in [2.75, 3.05) is 40.9 Å². The van der Waals surface area contributed by atoms with Crippen molar-refractivity contribution in [3.05, 3.63) is 0 Å². The SMILES string of the molecule is CCCCCCCCCCCCCCCCCCCCCCCCCCCCCCCCCCC(=O)N[C@@H](COP(=O)(O)OCC[N+](C)(C)C)[C@H](O)CCCCCCCCCCCCCCCC. The quantitative estimate of drug-likeness (QED) is 0.0319. The van der Waals surface area contributed by atoms with Crippen LogP contribution in [0.4, 0.5) is 0 Å². The highest BCUT2D eigenvalue weighted by Gasteiger charge is 2.28. The minimum absolute atomic E-state index is 0.0790. The van der Waals surface area contributed by atoms with E-state index in [0.717, 1.165) is 38.5 Å². The van der Waals surface area contributed by atoms with Crippen LogP contribution in [0.1, 0.15) is 322 Å².